The first-order chi connectivity index (χ1) is 14.3. The van der Waals surface area contributed by atoms with Gasteiger partial charge >= 0.3 is 0 Å². The maximum absolute atomic E-state index is 4.94. The number of hydrogen-bond acceptors (Lipinski definition) is 5. The van der Waals surface area contributed by atoms with Crippen LogP contribution < -0.4 is 15.1 Å². The molecule has 152 valence electrons. The van der Waals surface area contributed by atoms with E-state index < -0.39 is 0 Å². The first-order valence-electron chi connectivity index (χ1n) is 10.9. The average Bonchev–Trinajstić information content (AvgIpc) is 3.05. The smallest absolute Gasteiger partial charge is 0.229 e. The van der Waals surface area contributed by atoms with Crippen molar-refractivity contribution >= 4 is 34.0 Å². The maximum Gasteiger partial charge on any atom is 0.229 e. The molecule has 5 nitrogen and oxygen atoms in total. The molecule has 0 amide bonds. The number of nitrogens with one attached hydrogen (secondary N) is 1. The van der Waals surface area contributed by atoms with Crippen LogP contribution in [-0.4, -0.2) is 36.1 Å². The average molecular weight is 390 g/mol. The molecule has 4 rings (SSSR count). The van der Waals surface area contributed by atoms with E-state index in [0.29, 0.717) is 5.95 Å². The summed E-state index contributed by atoms with van der Waals surface area (Å²) < 4.78 is 0. The molecule has 2 aromatic carbocycles. The predicted octanol–water partition coefficient (Wildman–Crippen LogP) is 5.60. The van der Waals surface area contributed by atoms with Crippen molar-refractivity contribution in [1.82, 2.24) is 9.97 Å². The Hall–Kier alpha value is -2.82. The maximum atomic E-state index is 4.94. The summed E-state index contributed by atoms with van der Waals surface area (Å²) in [4.78, 5) is 14.5. The van der Waals surface area contributed by atoms with Crippen molar-refractivity contribution in [3.05, 3.63) is 48.5 Å². The number of nitrogens with zero attached hydrogens (tertiary/aromatic N) is 4. The van der Waals surface area contributed by atoms with Gasteiger partial charge in [0, 0.05) is 42.9 Å². The summed E-state index contributed by atoms with van der Waals surface area (Å²) in [6.07, 6.45) is 5.08. The minimum Gasteiger partial charge on any atom is -0.372 e. The van der Waals surface area contributed by atoms with Crippen LogP contribution in [0.3, 0.4) is 0 Å². The van der Waals surface area contributed by atoms with Gasteiger partial charge in [0.1, 0.15) is 5.82 Å². The molecule has 5 heteroatoms. The van der Waals surface area contributed by atoms with E-state index in [0.717, 1.165) is 48.6 Å². The van der Waals surface area contributed by atoms with Gasteiger partial charge < -0.3 is 15.1 Å². The topological polar surface area (TPSA) is 44.3 Å². The highest BCUT2D eigenvalue weighted by molar-refractivity contribution is 5.90. The molecule has 0 atom stereocenters. The minimum absolute atomic E-state index is 0.665. The highest BCUT2D eigenvalue weighted by Crippen LogP contribution is 2.28. The first kappa shape index (κ1) is 19.5. The zero-order valence-corrected chi connectivity index (χ0v) is 17.6. The standard InChI is InChI=1S/C24H31N5/c1-3-28(4-2)20-15-13-19(14-16-20)25-24-26-22-12-8-7-11-21(22)23(27-24)29-17-9-5-6-10-18-29/h7-8,11-16H,3-6,9-10,17-18H2,1-2H3,(H,25,26,27). The summed E-state index contributed by atoms with van der Waals surface area (Å²) in [6.45, 7) is 8.52. The van der Waals surface area contributed by atoms with Gasteiger partial charge in [-0.2, -0.15) is 4.98 Å². The Labute approximate surface area is 173 Å². The Balaban J connectivity index is 1.63. The Kier molecular flexibility index (Phi) is 6.13. The molecule has 1 saturated heterocycles. The third-order valence-electron chi connectivity index (χ3n) is 5.74. The van der Waals surface area contributed by atoms with Gasteiger partial charge in [0.25, 0.3) is 0 Å². The lowest BCUT2D eigenvalue weighted by Crippen LogP contribution is -2.25. The van der Waals surface area contributed by atoms with E-state index in [1.807, 2.05) is 6.07 Å². The van der Waals surface area contributed by atoms with Crippen molar-refractivity contribution < 1.29 is 0 Å². The van der Waals surface area contributed by atoms with Crippen LogP contribution in [0.5, 0.6) is 0 Å². The second-order valence-electron chi connectivity index (χ2n) is 7.63. The Morgan fingerprint density at radius 3 is 2.24 bits per heavy atom. The monoisotopic (exact) mass is 389 g/mol. The molecule has 0 unspecified atom stereocenters. The second kappa shape index (κ2) is 9.12. The molecule has 2 heterocycles. The van der Waals surface area contributed by atoms with Crippen molar-refractivity contribution in [3.8, 4) is 0 Å². The zero-order chi connectivity index (χ0) is 20.1. The van der Waals surface area contributed by atoms with Crippen molar-refractivity contribution in [1.29, 1.82) is 0 Å². The molecular formula is C24H31N5. The van der Waals surface area contributed by atoms with E-state index in [4.69, 9.17) is 9.97 Å². The van der Waals surface area contributed by atoms with Gasteiger partial charge in [0.2, 0.25) is 5.95 Å². The van der Waals surface area contributed by atoms with Gasteiger partial charge in [0.15, 0.2) is 0 Å². The first-order valence-corrected chi connectivity index (χ1v) is 10.9. The van der Waals surface area contributed by atoms with Gasteiger partial charge in [-0.25, -0.2) is 4.98 Å². The van der Waals surface area contributed by atoms with Crippen LogP contribution in [0.4, 0.5) is 23.1 Å². The number of benzene rings is 2. The van der Waals surface area contributed by atoms with Crippen LogP contribution in [0.15, 0.2) is 48.5 Å². The van der Waals surface area contributed by atoms with Crippen LogP contribution in [0.1, 0.15) is 39.5 Å². The number of anilines is 4. The Morgan fingerprint density at radius 2 is 1.55 bits per heavy atom. The van der Waals surface area contributed by atoms with Gasteiger partial charge in [-0.3, -0.25) is 0 Å². The molecule has 0 radical (unpaired) electrons. The fourth-order valence-electron chi connectivity index (χ4n) is 4.11. The largest absolute Gasteiger partial charge is 0.372 e. The van der Waals surface area contributed by atoms with Crippen LogP contribution in [0, 0.1) is 0 Å². The zero-order valence-electron chi connectivity index (χ0n) is 17.6. The third-order valence-corrected chi connectivity index (χ3v) is 5.74. The quantitative estimate of drug-likeness (QED) is 0.594. The summed E-state index contributed by atoms with van der Waals surface area (Å²) in [6, 6.07) is 16.9. The molecular weight excluding hydrogens is 358 g/mol. The predicted molar refractivity (Wildman–Crippen MR) is 124 cm³/mol. The number of hydrogen-bond donors (Lipinski definition) is 1. The SMILES string of the molecule is CCN(CC)c1ccc(Nc2nc(N3CCCCCC3)c3ccccc3n2)cc1. The normalized spacial score (nSPS) is 14.6. The third kappa shape index (κ3) is 4.44. The van der Waals surface area contributed by atoms with Crippen molar-refractivity contribution in [2.75, 3.05) is 41.3 Å². The fourth-order valence-corrected chi connectivity index (χ4v) is 4.11. The van der Waals surface area contributed by atoms with Gasteiger partial charge in [-0.05, 0) is 63.1 Å². The highest BCUT2D eigenvalue weighted by atomic mass is 15.2. The fraction of sp³-hybridized carbons (Fsp3) is 0.417. The van der Waals surface area contributed by atoms with Crippen LogP contribution in [0.25, 0.3) is 10.9 Å². The van der Waals surface area contributed by atoms with E-state index in [1.54, 1.807) is 0 Å². The number of fused-ring (bicyclic) bond motifs is 1. The number of rotatable bonds is 6. The van der Waals surface area contributed by atoms with E-state index in [-0.39, 0.29) is 0 Å². The lowest BCUT2D eigenvalue weighted by molar-refractivity contribution is 0.726. The van der Waals surface area contributed by atoms with Gasteiger partial charge in [0.05, 0.1) is 5.52 Å². The van der Waals surface area contributed by atoms with Crippen LogP contribution in [0.2, 0.25) is 0 Å². The summed E-state index contributed by atoms with van der Waals surface area (Å²) in [7, 11) is 0. The molecule has 1 aliphatic heterocycles. The number of para-hydroxylation sites is 1. The molecule has 1 N–H and O–H groups in total. The molecule has 0 bridgehead atoms. The second-order valence-corrected chi connectivity index (χ2v) is 7.63. The molecule has 29 heavy (non-hydrogen) atoms. The van der Waals surface area contributed by atoms with Crippen LogP contribution >= 0.6 is 0 Å². The van der Waals surface area contributed by atoms with Gasteiger partial charge in [-0.15, -0.1) is 0 Å². The van der Waals surface area contributed by atoms with E-state index in [2.05, 4.69) is 71.4 Å². The molecule has 0 aliphatic carbocycles. The molecule has 1 aromatic heterocycles. The Bertz CT molecular complexity index is 926. The van der Waals surface area contributed by atoms with Crippen molar-refractivity contribution in [2.24, 2.45) is 0 Å². The molecule has 3 aromatic rings. The highest BCUT2D eigenvalue weighted by Gasteiger charge is 2.16. The minimum atomic E-state index is 0.665. The number of aromatic nitrogens is 2. The molecule has 1 fully saturated rings. The summed E-state index contributed by atoms with van der Waals surface area (Å²) in [5.74, 6) is 1.72. The van der Waals surface area contributed by atoms with E-state index in [9.17, 15) is 0 Å². The van der Waals surface area contributed by atoms with Crippen molar-refractivity contribution in [2.45, 2.75) is 39.5 Å². The Morgan fingerprint density at radius 1 is 0.862 bits per heavy atom. The summed E-state index contributed by atoms with van der Waals surface area (Å²) in [5.41, 5.74) is 3.24. The summed E-state index contributed by atoms with van der Waals surface area (Å²) >= 11 is 0. The molecule has 0 saturated carbocycles. The lowest BCUT2D eigenvalue weighted by atomic mass is 10.2. The lowest BCUT2D eigenvalue weighted by Gasteiger charge is -2.23. The molecule has 0 spiro atoms. The van der Waals surface area contributed by atoms with Gasteiger partial charge in [-0.1, -0.05) is 25.0 Å². The molecule has 1 aliphatic rings. The van der Waals surface area contributed by atoms with Crippen LogP contribution in [-0.2, 0) is 0 Å². The van der Waals surface area contributed by atoms with E-state index in [1.165, 1.54) is 31.4 Å². The summed E-state index contributed by atoms with van der Waals surface area (Å²) in [5, 5.41) is 4.56. The van der Waals surface area contributed by atoms with Crippen molar-refractivity contribution in [3.63, 3.8) is 0 Å². The van der Waals surface area contributed by atoms with E-state index >= 15 is 0 Å².